The highest BCUT2D eigenvalue weighted by Gasteiger charge is 2.27. The number of hydrogen-bond acceptors (Lipinski definition) is 4. The van der Waals surface area contributed by atoms with Crippen molar-refractivity contribution in [3.63, 3.8) is 0 Å². The summed E-state index contributed by atoms with van der Waals surface area (Å²) in [5, 5.41) is 0. The first-order valence-corrected chi connectivity index (χ1v) is 7.84. The highest BCUT2D eigenvalue weighted by atomic mass is 16.2. The van der Waals surface area contributed by atoms with Crippen LogP contribution in [0, 0.1) is 5.92 Å². The number of nitrogens with zero attached hydrogens (tertiary/aromatic N) is 2. The number of rotatable bonds is 7. The molecule has 0 saturated heterocycles. The van der Waals surface area contributed by atoms with Crippen LogP contribution in [0.3, 0.4) is 0 Å². The van der Waals surface area contributed by atoms with E-state index < -0.39 is 11.8 Å². The molecule has 1 aliphatic rings. The molecule has 0 aliphatic heterocycles. The van der Waals surface area contributed by atoms with Gasteiger partial charge >= 0.3 is 0 Å². The van der Waals surface area contributed by atoms with E-state index in [-0.39, 0.29) is 19.1 Å². The molecule has 6 heteroatoms. The second-order valence-electron chi connectivity index (χ2n) is 5.77. The van der Waals surface area contributed by atoms with Crippen molar-refractivity contribution in [3.05, 3.63) is 0 Å². The van der Waals surface area contributed by atoms with E-state index >= 15 is 0 Å². The predicted molar refractivity (Wildman–Crippen MR) is 85.6 cm³/mol. The van der Waals surface area contributed by atoms with Crippen LogP contribution in [0.4, 0.5) is 0 Å². The van der Waals surface area contributed by atoms with E-state index in [2.05, 4.69) is 19.0 Å². The van der Waals surface area contributed by atoms with Crippen molar-refractivity contribution in [3.8, 4) is 0 Å². The van der Waals surface area contributed by atoms with Crippen molar-refractivity contribution in [2.45, 2.75) is 45.6 Å². The van der Waals surface area contributed by atoms with E-state index in [0.717, 1.165) is 32.2 Å². The number of nitrogens with two attached hydrogens (primary N) is 2. The normalized spacial score (nSPS) is 21.8. The number of carbonyl (C=O) groups is 2. The highest BCUT2D eigenvalue weighted by molar-refractivity contribution is 5.79. The van der Waals surface area contributed by atoms with Gasteiger partial charge in [-0.1, -0.05) is 13.8 Å². The third-order valence-electron chi connectivity index (χ3n) is 3.67. The number of amides is 2. The zero-order valence-corrected chi connectivity index (χ0v) is 14.0. The maximum atomic E-state index is 11.1. The van der Waals surface area contributed by atoms with E-state index in [1.165, 1.54) is 0 Å². The molecule has 1 saturated carbocycles. The summed E-state index contributed by atoms with van der Waals surface area (Å²) < 4.78 is 0. The first-order valence-electron chi connectivity index (χ1n) is 7.84. The van der Waals surface area contributed by atoms with Crippen LogP contribution in [-0.2, 0) is 9.59 Å². The Labute approximate surface area is 128 Å². The summed E-state index contributed by atoms with van der Waals surface area (Å²) in [5.74, 6) is -0.108. The van der Waals surface area contributed by atoms with E-state index in [4.69, 9.17) is 11.5 Å². The summed E-state index contributed by atoms with van der Waals surface area (Å²) in [4.78, 5) is 26.2. The Kier molecular flexibility index (Phi) is 9.99. The van der Waals surface area contributed by atoms with Gasteiger partial charge in [-0.2, -0.15) is 0 Å². The maximum Gasteiger partial charge on any atom is 0.231 e. The molecule has 21 heavy (non-hydrogen) atoms. The molecule has 0 spiro atoms. The predicted octanol–water partition coefficient (Wildman–Crippen LogP) is 0.406. The lowest BCUT2D eigenvalue weighted by Gasteiger charge is -2.36. The molecule has 0 aromatic rings. The van der Waals surface area contributed by atoms with Crippen LogP contribution in [0.2, 0.25) is 0 Å². The molecule has 0 aromatic carbocycles. The summed E-state index contributed by atoms with van der Waals surface area (Å²) >= 11 is 0. The number of hydrogen-bond donors (Lipinski definition) is 2. The van der Waals surface area contributed by atoms with Gasteiger partial charge in [0.05, 0.1) is 13.1 Å². The van der Waals surface area contributed by atoms with Gasteiger partial charge in [0.2, 0.25) is 11.8 Å². The van der Waals surface area contributed by atoms with Crippen molar-refractivity contribution >= 4 is 11.8 Å². The van der Waals surface area contributed by atoms with Crippen LogP contribution < -0.4 is 11.5 Å². The molecule has 0 unspecified atom stereocenters. The minimum atomic E-state index is -0.406. The summed E-state index contributed by atoms with van der Waals surface area (Å²) in [5.41, 5.74) is 10.5. The second kappa shape index (κ2) is 10.6. The number of carbonyl (C=O) groups excluding carboxylic acids is 2. The zero-order chi connectivity index (χ0) is 16.4. The van der Waals surface area contributed by atoms with Gasteiger partial charge in [0, 0.05) is 12.6 Å². The Morgan fingerprint density at radius 3 is 1.71 bits per heavy atom. The first kappa shape index (κ1) is 19.9. The summed E-state index contributed by atoms with van der Waals surface area (Å²) in [6.45, 7) is 5.33. The Morgan fingerprint density at radius 2 is 1.38 bits per heavy atom. The van der Waals surface area contributed by atoms with Crippen molar-refractivity contribution < 1.29 is 9.59 Å². The average Bonchev–Trinajstić information content (AvgIpc) is 2.39. The SMILES string of the molecule is CC.CN(C)CC1CCC(N(CC(N)=O)CC(N)=O)CC1. The van der Waals surface area contributed by atoms with Gasteiger partial charge in [-0.3, -0.25) is 14.5 Å². The lowest BCUT2D eigenvalue weighted by molar-refractivity contribution is -0.123. The highest BCUT2D eigenvalue weighted by Crippen LogP contribution is 2.27. The molecule has 0 bridgehead atoms. The van der Waals surface area contributed by atoms with Crippen LogP contribution in [0.1, 0.15) is 39.5 Å². The van der Waals surface area contributed by atoms with Crippen LogP contribution in [0.5, 0.6) is 0 Å². The van der Waals surface area contributed by atoms with Crippen molar-refractivity contribution in [1.82, 2.24) is 9.80 Å². The van der Waals surface area contributed by atoms with E-state index in [0.29, 0.717) is 5.92 Å². The molecule has 1 rings (SSSR count). The van der Waals surface area contributed by atoms with Gasteiger partial charge < -0.3 is 16.4 Å². The lowest BCUT2D eigenvalue weighted by atomic mass is 9.85. The number of primary amides is 2. The fourth-order valence-electron chi connectivity index (χ4n) is 2.92. The summed E-state index contributed by atoms with van der Waals surface area (Å²) in [6, 6.07) is 0.249. The van der Waals surface area contributed by atoms with Crippen LogP contribution in [0.25, 0.3) is 0 Å². The molecular weight excluding hydrogens is 268 g/mol. The van der Waals surface area contributed by atoms with E-state index in [9.17, 15) is 9.59 Å². The molecule has 1 fully saturated rings. The van der Waals surface area contributed by atoms with Gasteiger partial charge in [-0.15, -0.1) is 0 Å². The fraction of sp³-hybridized carbons (Fsp3) is 0.867. The Hall–Kier alpha value is -1.14. The molecule has 124 valence electrons. The standard InChI is InChI=1S/C13H26N4O2.C2H6/c1-16(2)7-10-3-5-11(6-4-10)17(8-12(14)18)9-13(15)19;1-2/h10-11H,3-9H2,1-2H3,(H2,14,18)(H2,15,19);1-2H3. The van der Waals surface area contributed by atoms with Gasteiger partial charge in [-0.05, 0) is 45.7 Å². The second-order valence-corrected chi connectivity index (χ2v) is 5.77. The Balaban J connectivity index is 0.00000191. The van der Waals surface area contributed by atoms with Crippen molar-refractivity contribution in [2.24, 2.45) is 17.4 Å². The Bertz CT molecular complexity index is 297. The summed E-state index contributed by atoms with van der Waals surface area (Å²) in [6.07, 6.45) is 4.24. The van der Waals surface area contributed by atoms with Gasteiger partial charge in [0.15, 0.2) is 0 Å². The van der Waals surface area contributed by atoms with Gasteiger partial charge in [0.1, 0.15) is 0 Å². The molecule has 2 amide bonds. The zero-order valence-electron chi connectivity index (χ0n) is 14.0. The van der Waals surface area contributed by atoms with E-state index in [1.54, 1.807) is 0 Å². The van der Waals surface area contributed by atoms with Gasteiger partial charge in [-0.25, -0.2) is 0 Å². The third-order valence-corrected chi connectivity index (χ3v) is 3.67. The average molecular weight is 300 g/mol. The molecule has 0 atom stereocenters. The molecule has 0 heterocycles. The lowest BCUT2D eigenvalue weighted by Crippen LogP contribution is -2.47. The monoisotopic (exact) mass is 300 g/mol. The van der Waals surface area contributed by atoms with Crippen molar-refractivity contribution in [1.29, 1.82) is 0 Å². The molecule has 6 nitrogen and oxygen atoms in total. The molecule has 0 aromatic heterocycles. The quantitative estimate of drug-likeness (QED) is 0.712. The minimum Gasteiger partial charge on any atom is -0.369 e. The summed E-state index contributed by atoms with van der Waals surface area (Å²) in [7, 11) is 4.16. The molecule has 1 aliphatic carbocycles. The Morgan fingerprint density at radius 1 is 0.952 bits per heavy atom. The van der Waals surface area contributed by atoms with E-state index in [1.807, 2.05) is 18.7 Å². The van der Waals surface area contributed by atoms with Crippen molar-refractivity contribution in [2.75, 3.05) is 33.7 Å². The maximum absolute atomic E-state index is 11.1. The molecular formula is C15H32N4O2. The topological polar surface area (TPSA) is 92.7 Å². The third kappa shape index (κ3) is 8.67. The van der Waals surface area contributed by atoms with Crippen LogP contribution in [0.15, 0.2) is 0 Å². The smallest absolute Gasteiger partial charge is 0.231 e. The first-order chi connectivity index (χ1) is 9.88. The van der Waals surface area contributed by atoms with Crippen LogP contribution >= 0.6 is 0 Å². The van der Waals surface area contributed by atoms with Gasteiger partial charge in [0.25, 0.3) is 0 Å². The van der Waals surface area contributed by atoms with Crippen LogP contribution in [-0.4, -0.2) is 61.4 Å². The fourth-order valence-corrected chi connectivity index (χ4v) is 2.92. The molecule has 0 radical (unpaired) electrons. The molecule has 4 N–H and O–H groups in total. The minimum absolute atomic E-state index is 0.117. The largest absolute Gasteiger partial charge is 0.369 e.